The Hall–Kier alpha value is -5.23. The van der Waals surface area contributed by atoms with Gasteiger partial charge in [-0.25, -0.2) is 4.98 Å². The topological polar surface area (TPSA) is 35.0 Å². The van der Waals surface area contributed by atoms with E-state index in [1.54, 1.807) is 13.3 Å². The molecule has 0 spiro atoms. The average molecular weight is 615 g/mol. The Balaban J connectivity index is 1.77. The van der Waals surface area contributed by atoms with Gasteiger partial charge in [-0.05, 0) is 64.1 Å². The molecular formula is C40H33F3N2O. The number of hydrogen-bond donors (Lipinski definition) is 0. The number of nitrogens with zero attached hydrogens (tertiary/aromatic N) is 2. The van der Waals surface area contributed by atoms with Crippen LogP contribution in [-0.2, 0) is 11.6 Å². The lowest BCUT2D eigenvalue weighted by Crippen LogP contribution is -2.10. The van der Waals surface area contributed by atoms with Crippen molar-refractivity contribution in [2.45, 2.75) is 32.4 Å². The van der Waals surface area contributed by atoms with E-state index < -0.39 is 11.7 Å². The second kappa shape index (κ2) is 12.3. The predicted molar refractivity (Wildman–Crippen MR) is 179 cm³/mol. The van der Waals surface area contributed by atoms with E-state index in [1.165, 1.54) is 17.7 Å². The Kier molecular flexibility index (Phi) is 8.22. The molecule has 230 valence electrons. The highest BCUT2D eigenvalue weighted by Gasteiger charge is 2.31. The lowest BCUT2D eigenvalue weighted by Gasteiger charge is -2.24. The Labute approximate surface area is 267 Å². The van der Waals surface area contributed by atoms with Gasteiger partial charge in [-0.15, -0.1) is 0 Å². The van der Waals surface area contributed by atoms with Crippen molar-refractivity contribution in [3.05, 3.63) is 139 Å². The third-order valence-electron chi connectivity index (χ3n) is 8.07. The Morgan fingerprint density at radius 2 is 1.04 bits per heavy atom. The van der Waals surface area contributed by atoms with Crippen molar-refractivity contribution >= 4 is 0 Å². The second-order valence-corrected chi connectivity index (χ2v) is 12.1. The van der Waals surface area contributed by atoms with Crippen molar-refractivity contribution in [3.8, 4) is 61.8 Å². The van der Waals surface area contributed by atoms with E-state index in [0.717, 1.165) is 45.6 Å². The number of ether oxygens (including phenoxy) is 1. The monoisotopic (exact) mass is 614 g/mol. The lowest BCUT2D eigenvalue weighted by molar-refractivity contribution is -0.137. The predicted octanol–water partition coefficient (Wildman–Crippen LogP) is 11.1. The molecule has 0 bridgehead atoms. The van der Waals surface area contributed by atoms with E-state index in [1.807, 2.05) is 72.8 Å². The number of pyridine rings is 2. The first-order valence-corrected chi connectivity index (χ1v) is 15.0. The number of alkyl halides is 3. The van der Waals surface area contributed by atoms with Gasteiger partial charge in [0.05, 0.1) is 29.8 Å². The van der Waals surface area contributed by atoms with E-state index in [9.17, 15) is 13.2 Å². The maximum atomic E-state index is 13.7. The van der Waals surface area contributed by atoms with Crippen molar-refractivity contribution < 1.29 is 17.9 Å². The quantitative estimate of drug-likeness (QED) is 0.187. The van der Waals surface area contributed by atoms with Gasteiger partial charge in [-0.1, -0.05) is 106 Å². The Morgan fingerprint density at radius 3 is 1.59 bits per heavy atom. The van der Waals surface area contributed by atoms with Crippen LogP contribution in [0.25, 0.3) is 56.0 Å². The molecule has 0 aliphatic heterocycles. The molecule has 46 heavy (non-hydrogen) atoms. The molecule has 0 saturated carbocycles. The van der Waals surface area contributed by atoms with Crippen molar-refractivity contribution in [2.75, 3.05) is 7.11 Å². The third-order valence-corrected chi connectivity index (χ3v) is 8.07. The minimum absolute atomic E-state index is 0.0362. The van der Waals surface area contributed by atoms with Crippen molar-refractivity contribution in [2.24, 2.45) is 0 Å². The van der Waals surface area contributed by atoms with E-state index >= 15 is 0 Å². The van der Waals surface area contributed by atoms with E-state index in [-0.39, 0.29) is 5.41 Å². The Bertz CT molecular complexity index is 1940. The van der Waals surface area contributed by atoms with E-state index in [0.29, 0.717) is 28.3 Å². The average Bonchev–Trinajstić information content (AvgIpc) is 3.07. The van der Waals surface area contributed by atoms with Gasteiger partial charge < -0.3 is 4.74 Å². The van der Waals surface area contributed by atoms with Crippen molar-refractivity contribution in [1.82, 2.24) is 9.97 Å². The summed E-state index contributed by atoms with van der Waals surface area (Å²) in [5.74, 6) is 0.710. The summed E-state index contributed by atoms with van der Waals surface area (Å²) in [5, 5.41) is 0. The SMILES string of the molecule is COc1ccc(-c2c(-c3ccc(C(C)(C)C)cc3)nc(-c3ccccn3)c(-c3ccc(C(F)(F)F)cc3)c2-c2ccccc2)cc1. The molecule has 0 unspecified atom stereocenters. The number of benzene rings is 4. The van der Waals surface area contributed by atoms with Crippen LogP contribution in [0.2, 0.25) is 0 Å². The summed E-state index contributed by atoms with van der Waals surface area (Å²) in [6.45, 7) is 6.53. The molecule has 2 heterocycles. The van der Waals surface area contributed by atoms with Crippen LogP contribution in [0, 0.1) is 0 Å². The Morgan fingerprint density at radius 1 is 0.522 bits per heavy atom. The van der Waals surface area contributed by atoms with Crippen molar-refractivity contribution in [3.63, 3.8) is 0 Å². The van der Waals surface area contributed by atoms with Gasteiger partial charge in [0.25, 0.3) is 0 Å². The van der Waals surface area contributed by atoms with E-state index in [4.69, 9.17) is 9.72 Å². The molecule has 6 rings (SSSR count). The van der Waals surface area contributed by atoms with Crippen LogP contribution >= 0.6 is 0 Å². The third kappa shape index (κ3) is 6.16. The molecule has 6 aromatic rings. The summed E-state index contributed by atoms with van der Waals surface area (Å²) < 4.78 is 46.5. The van der Waals surface area contributed by atoms with Crippen LogP contribution in [0.15, 0.2) is 128 Å². The molecule has 3 nitrogen and oxygen atoms in total. The maximum absolute atomic E-state index is 13.7. The molecule has 0 amide bonds. The molecule has 0 N–H and O–H groups in total. The molecule has 2 aromatic heterocycles. The highest BCUT2D eigenvalue weighted by molar-refractivity contribution is 6.04. The van der Waals surface area contributed by atoms with Crippen LogP contribution in [0.1, 0.15) is 31.9 Å². The molecule has 0 aliphatic rings. The zero-order chi connectivity index (χ0) is 32.5. The fourth-order valence-corrected chi connectivity index (χ4v) is 5.65. The van der Waals surface area contributed by atoms with Gasteiger partial charge in [0.15, 0.2) is 0 Å². The molecule has 4 aromatic carbocycles. The summed E-state index contributed by atoms with van der Waals surface area (Å²) in [5.41, 5.74) is 8.06. The van der Waals surface area contributed by atoms with Crippen molar-refractivity contribution in [1.29, 1.82) is 0 Å². The minimum Gasteiger partial charge on any atom is -0.497 e. The first-order valence-electron chi connectivity index (χ1n) is 15.0. The molecule has 6 heteroatoms. The minimum atomic E-state index is -4.46. The largest absolute Gasteiger partial charge is 0.497 e. The van der Waals surface area contributed by atoms with Crippen LogP contribution in [0.5, 0.6) is 5.75 Å². The summed E-state index contributed by atoms with van der Waals surface area (Å²) in [6, 6.07) is 37.0. The van der Waals surface area contributed by atoms with Gasteiger partial charge in [0, 0.05) is 28.5 Å². The van der Waals surface area contributed by atoms with Gasteiger partial charge in [-0.3, -0.25) is 4.98 Å². The maximum Gasteiger partial charge on any atom is 0.416 e. The first-order chi connectivity index (χ1) is 22.0. The highest BCUT2D eigenvalue weighted by Crippen LogP contribution is 2.49. The number of methoxy groups -OCH3 is 1. The van der Waals surface area contributed by atoms with E-state index in [2.05, 4.69) is 50.0 Å². The zero-order valence-corrected chi connectivity index (χ0v) is 26.1. The van der Waals surface area contributed by atoms with Gasteiger partial charge in [-0.2, -0.15) is 13.2 Å². The summed E-state index contributed by atoms with van der Waals surface area (Å²) >= 11 is 0. The fourth-order valence-electron chi connectivity index (χ4n) is 5.65. The fraction of sp³-hybridized carbons (Fsp3) is 0.150. The zero-order valence-electron chi connectivity index (χ0n) is 26.1. The molecule has 0 radical (unpaired) electrons. The summed E-state index contributed by atoms with van der Waals surface area (Å²) in [4.78, 5) is 10.0. The van der Waals surface area contributed by atoms with Crippen LogP contribution in [-0.4, -0.2) is 17.1 Å². The number of halogens is 3. The van der Waals surface area contributed by atoms with Gasteiger partial charge >= 0.3 is 6.18 Å². The standard InChI is InChI=1S/C40H33F3N2O/c1-39(2,3)30-19-15-29(16-20-30)37-35(28-17-23-32(46-4)24-18-28)34(26-10-6-5-7-11-26)36(38(45-37)33-12-8-9-25-44-33)27-13-21-31(22-14-27)40(41,42)43/h5-25H,1-4H3. The summed E-state index contributed by atoms with van der Waals surface area (Å²) in [6.07, 6.45) is -2.76. The second-order valence-electron chi connectivity index (χ2n) is 12.1. The number of aromatic nitrogens is 2. The highest BCUT2D eigenvalue weighted by atomic mass is 19.4. The molecular weight excluding hydrogens is 581 g/mol. The molecule has 0 fully saturated rings. The molecule has 0 saturated heterocycles. The lowest BCUT2D eigenvalue weighted by atomic mass is 9.82. The molecule has 0 atom stereocenters. The van der Waals surface area contributed by atoms with Crippen LogP contribution in [0.4, 0.5) is 13.2 Å². The normalized spacial score (nSPS) is 11.8. The smallest absolute Gasteiger partial charge is 0.416 e. The van der Waals surface area contributed by atoms with Crippen LogP contribution in [0.3, 0.4) is 0 Å². The first kappa shape index (κ1) is 30.8. The van der Waals surface area contributed by atoms with Crippen LogP contribution < -0.4 is 4.74 Å². The summed E-state index contributed by atoms with van der Waals surface area (Å²) in [7, 11) is 1.62. The number of rotatable bonds is 6. The molecule has 0 aliphatic carbocycles. The van der Waals surface area contributed by atoms with Gasteiger partial charge in [0.2, 0.25) is 0 Å². The van der Waals surface area contributed by atoms with Gasteiger partial charge in [0.1, 0.15) is 5.75 Å². The number of hydrogen-bond acceptors (Lipinski definition) is 3.